The Balaban J connectivity index is 2.48. The molecule has 0 saturated heterocycles. The van der Waals surface area contributed by atoms with E-state index >= 15 is 0 Å². The van der Waals surface area contributed by atoms with Gasteiger partial charge in [0.1, 0.15) is 0 Å². The molecule has 1 aliphatic rings. The number of likely N-dealkylation sites (N-methyl/N-ethyl adjacent to an activating group) is 1. The average molecular weight is 291 g/mol. The number of pyridine rings is 1. The van der Waals surface area contributed by atoms with E-state index in [-0.39, 0.29) is 17.4 Å². The fraction of sp³-hybridized carbons (Fsp3) is 0.533. The zero-order valence-electron chi connectivity index (χ0n) is 12.0. The fourth-order valence-electron chi connectivity index (χ4n) is 3.21. The predicted molar refractivity (Wildman–Crippen MR) is 83.6 cm³/mol. The van der Waals surface area contributed by atoms with E-state index in [2.05, 4.69) is 21.7 Å². The lowest BCUT2D eigenvalue weighted by molar-refractivity contribution is -0.120. The predicted octanol–water partition coefficient (Wildman–Crippen LogP) is 1.94. The van der Waals surface area contributed by atoms with E-state index in [9.17, 15) is 4.79 Å². The van der Waals surface area contributed by atoms with Crippen molar-refractivity contribution in [1.29, 1.82) is 0 Å². The second-order valence-corrected chi connectivity index (χ2v) is 5.70. The molecule has 1 heterocycles. The summed E-state index contributed by atoms with van der Waals surface area (Å²) in [6.45, 7) is 1.56. The maximum absolute atomic E-state index is 11.6. The van der Waals surface area contributed by atoms with Gasteiger partial charge in [-0.1, -0.05) is 31.1 Å². The highest BCUT2D eigenvalue weighted by Gasteiger charge is 2.46. The molecule has 5 heteroatoms. The molecule has 0 aromatic carbocycles. The highest BCUT2D eigenvalue weighted by molar-refractivity contribution is 7.80. The Labute approximate surface area is 125 Å². The Morgan fingerprint density at radius 3 is 2.90 bits per heavy atom. The number of thiocarbonyl (C=S) groups is 1. The summed E-state index contributed by atoms with van der Waals surface area (Å²) in [5, 5.41) is 6.22. The molecule has 0 unspecified atom stereocenters. The monoisotopic (exact) mass is 291 g/mol. The molecule has 1 fully saturated rings. The number of nitrogens with one attached hydrogen (secondary N) is 2. The molecule has 1 aliphatic carbocycles. The van der Waals surface area contributed by atoms with Crippen LogP contribution in [0.3, 0.4) is 0 Å². The molecule has 1 aromatic rings. The third-order valence-corrected chi connectivity index (χ3v) is 4.66. The van der Waals surface area contributed by atoms with Crippen LogP contribution in [0.2, 0.25) is 0 Å². The molecule has 0 radical (unpaired) electrons. The van der Waals surface area contributed by atoms with Crippen molar-refractivity contribution < 1.29 is 4.79 Å². The van der Waals surface area contributed by atoms with E-state index in [1.165, 1.54) is 0 Å². The van der Waals surface area contributed by atoms with Gasteiger partial charge in [-0.05, 0) is 24.5 Å². The van der Waals surface area contributed by atoms with Gasteiger partial charge in [0.25, 0.3) is 0 Å². The summed E-state index contributed by atoms with van der Waals surface area (Å²) in [6.07, 6.45) is 7.71. The SMILES string of the molecule is CNC(=S)[C@]1(c2cccnc2)CCCC[C@H]1NC(C)=O. The average Bonchev–Trinajstić information content (AvgIpc) is 2.47. The van der Waals surface area contributed by atoms with Crippen LogP contribution in [0.25, 0.3) is 0 Å². The Morgan fingerprint density at radius 2 is 2.30 bits per heavy atom. The molecule has 1 saturated carbocycles. The number of aromatic nitrogens is 1. The van der Waals surface area contributed by atoms with Crippen LogP contribution < -0.4 is 10.6 Å². The van der Waals surface area contributed by atoms with Crippen LogP contribution in [0.1, 0.15) is 38.2 Å². The Bertz CT molecular complexity index is 491. The Morgan fingerprint density at radius 1 is 1.50 bits per heavy atom. The number of carbonyl (C=O) groups excluding carboxylic acids is 1. The number of amides is 1. The van der Waals surface area contributed by atoms with E-state index in [0.29, 0.717) is 0 Å². The minimum absolute atomic E-state index is 0.0101. The summed E-state index contributed by atoms with van der Waals surface area (Å²) in [7, 11) is 1.85. The molecule has 1 aromatic heterocycles. The van der Waals surface area contributed by atoms with E-state index in [4.69, 9.17) is 12.2 Å². The molecule has 1 amide bonds. The van der Waals surface area contributed by atoms with Gasteiger partial charge in [0, 0.05) is 32.4 Å². The van der Waals surface area contributed by atoms with Crippen molar-refractivity contribution >= 4 is 23.1 Å². The molecule has 108 valence electrons. The third kappa shape index (κ3) is 2.68. The first-order valence-corrected chi connectivity index (χ1v) is 7.42. The minimum Gasteiger partial charge on any atom is -0.382 e. The van der Waals surface area contributed by atoms with Gasteiger partial charge in [-0.3, -0.25) is 9.78 Å². The second-order valence-electron chi connectivity index (χ2n) is 5.29. The van der Waals surface area contributed by atoms with Crippen molar-refractivity contribution in [3.63, 3.8) is 0 Å². The van der Waals surface area contributed by atoms with Crippen LogP contribution in [0.5, 0.6) is 0 Å². The lowest BCUT2D eigenvalue weighted by Gasteiger charge is -2.44. The maximum Gasteiger partial charge on any atom is 0.217 e. The molecular weight excluding hydrogens is 270 g/mol. The van der Waals surface area contributed by atoms with Gasteiger partial charge in [-0.2, -0.15) is 0 Å². The van der Waals surface area contributed by atoms with E-state index in [0.717, 1.165) is 36.2 Å². The first-order chi connectivity index (χ1) is 9.61. The minimum atomic E-state index is -0.345. The van der Waals surface area contributed by atoms with Gasteiger partial charge in [-0.15, -0.1) is 0 Å². The Kier molecular flexibility index (Phi) is 4.70. The number of nitrogens with zero attached hydrogens (tertiary/aromatic N) is 1. The van der Waals surface area contributed by atoms with Crippen molar-refractivity contribution in [2.45, 2.75) is 44.1 Å². The van der Waals surface area contributed by atoms with Crippen molar-refractivity contribution in [2.24, 2.45) is 0 Å². The van der Waals surface area contributed by atoms with Gasteiger partial charge in [0.05, 0.1) is 10.4 Å². The van der Waals surface area contributed by atoms with Crippen LogP contribution in [0.4, 0.5) is 0 Å². The number of hydrogen-bond acceptors (Lipinski definition) is 3. The van der Waals surface area contributed by atoms with Gasteiger partial charge < -0.3 is 10.6 Å². The molecule has 0 bridgehead atoms. The quantitative estimate of drug-likeness (QED) is 0.836. The Hall–Kier alpha value is -1.49. The second kappa shape index (κ2) is 6.31. The van der Waals surface area contributed by atoms with E-state index in [1.54, 1.807) is 13.1 Å². The first-order valence-electron chi connectivity index (χ1n) is 7.01. The van der Waals surface area contributed by atoms with Crippen LogP contribution in [-0.4, -0.2) is 29.0 Å². The van der Waals surface area contributed by atoms with Crippen LogP contribution >= 0.6 is 12.2 Å². The van der Waals surface area contributed by atoms with Crippen LogP contribution in [-0.2, 0) is 10.2 Å². The first kappa shape index (κ1) is 14.9. The molecule has 0 aliphatic heterocycles. The topological polar surface area (TPSA) is 54.0 Å². The summed E-state index contributed by atoms with van der Waals surface area (Å²) >= 11 is 5.61. The smallest absolute Gasteiger partial charge is 0.217 e. The summed E-state index contributed by atoms with van der Waals surface area (Å²) in [5.74, 6) is -0.0101. The summed E-state index contributed by atoms with van der Waals surface area (Å²) in [5.41, 5.74) is 0.736. The summed E-state index contributed by atoms with van der Waals surface area (Å²) < 4.78 is 0. The van der Waals surface area contributed by atoms with Crippen molar-refractivity contribution in [3.8, 4) is 0 Å². The lowest BCUT2D eigenvalue weighted by atomic mass is 9.66. The highest BCUT2D eigenvalue weighted by atomic mass is 32.1. The molecule has 2 rings (SSSR count). The third-order valence-electron chi connectivity index (χ3n) is 4.10. The van der Waals surface area contributed by atoms with Crippen molar-refractivity contribution in [1.82, 2.24) is 15.6 Å². The fourth-order valence-corrected chi connectivity index (χ4v) is 3.57. The van der Waals surface area contributed by atoms with Gasteiger partial charge in [-0.25, -0.2) is 0 Å². The molecular formula is C15H21N3OS. The molecule has 2 atom stereocenters. The lowest BCUT2D eigenvalue weighted by Crippen LogP contribution is -2.58. The van der Waals surface area contributed by atoms with Gasteiger partial charge >= 0.3 is 0 Å². The van der Waals surface area contributed by atoms with Gasteiger partial charge in [0.2, 0.25) is 5.91 Å². The number of rotatable bonds is 3. The molecule has 2 N–H and O–H groups in total. The van der Waals surface area contributed by atoms with Crippen molar-refractivity contribution in [3.05, 3.63) is 30.1 Å². The molecule has 20 heavy (non-hydrogen) atoms. The summed E-state index contributed by atoms with van der Waals surface area (Å²) in [6, 6.07) is 4.00. The van der Waals surface area contributed by atoms with E-state index in [1.807, 2.05) is 19.3 Å². The highest BCUT2D eigenvalue weighted by Crippen LogP contribution is 2.40. The maximum atomic E-state index is 11.6. The zero-order valence-corrected chi connectivity index (χ0v) is 12.8. The van der Waals surface area contributed by atoms with Crippen molar-refractivity contribution in [2.75, 3.05) is 7.05 Å². The molecule has 0 spiro atoms. The largest absolute Gasteiger partial charge is 0.382 e. The van der Waals surface area contributed by atoms with E-state index < -0.39 is 0 Å². The van der Waals surface area contributed by atoms with Crippen LogP contribution in [0.15, 0.2) is 24.5 Å². The van der Waals surface area contributed by atoms with Crippen LogP contribution in [0, 0.1) is 0 Å². The number of hydrogen-bond donors (Lipinski definition) is 2. The zero-order chi connectivity index (χ0) is 14.6. The standard InChI is InChI=1S/C15H21N3OS/c1-11(19)18-13-7-3-4-8-15(13,14(20)16-2)12-6-5-9-17-10-12/h5-6,9-10,13H,3-4,7-8H2,1-2H3,(H,16,20)(H,18,19)/t13-,15+/m1/s1. The number of carbonyl (C=O) groups is 1. The van der Waals surface area contributed by atoms with Gasteiger partial charge in [0.15, 0.2) is 0 Å². The summed E-state index contributed by atoms with van der Waals surface area (Å²) in [4.78, 5) is 16.6. The normalized spacial score (nSPS) is 25.8. The molecule has 4 nitrogen and oxygen atoms in total.